The summed E-state index contributed by atoms with van der Waals surface area (Å²) in [7, 11) is 1.61. The van der Waals surface area contributed by atoms with Gasteiger partial charge in [-0.1, -0.05) is 0 Å². The first-order valence-corrected chi connectivity index (χ1v) is 3.47. The third-order valence-electron chi connectivity index (χ3n) is 1.05. The lowest BCUT2D eigenvalue weighted by Gasteiger charge is -1.96. The SMILES string of the molecule is CCO/C=C(\C=N/C)C(C)=O. The molecule has 0 aliphatic heterocycles. The molecule has 0 fully saturated rings. The number of hydrogen-bond acceptors (Lipinski definition) is 3. The molecular formula is C8H13NO2. The second kappa shape index (κ2) is 5.65. The topological polar surface area (TPSA) is 38.7 Å². The van der Waals surface area contributed by atoms with Crippen LogP contribution in [-0.2, 0) is 9.53 Å². The Morgan fingerprint density at radius 2 is 2.27 bits per heavy atom. The van der Waals surface area contributed by atoms with Crippen LogP contribution in [-0.4, -0.2) is 25.7 Å². The van der Waals surface area contributed by atoms with Crippen molar-refractivity contribution in [1.82, 2.24) is 0 Å². The molecule has 0 unspecified atom stereocenters. The molecule has 0 spiro atoms. The highest BCUT2D eigenvalue weighted by molar-refractivity contribution is 6.11. The lowest BCUT2D eigenvalue weighted by molar-refractivity contribution is -0.113. The molecule has 0 atom stereocenters. The highest BCUT2D eigenvalue weighted by Crippen LogP contribution is 1.92. The second-order valence-corrected chi connectivity index (χ2v) is 1.97. The molecule has 0 aliphatic rings. The highest BCUT2D eigenvalue weighted by Gasteiger charge is 1.98. The molecule has 0 radical (unpaired) electrons. The van der Waals surface area contributed by atoms with Gasteiger partial charge < -0.3 is 4.74 Å². The summed E-state index contributed by atoms with van der Waals surface area (Å²) in [4.78, 5) is 14.5. The molecule has 0 N–H and O–H groups in total. The summed E-state index contributed by atoms with van der Waals surface area (Å²) in [5.74, 6) is -0.0379. The molecule has 3 nitrogen and oxygen atoms in total. The normalized spacial score (nSPS) is 12.1. The van der Waals surface area contributed by atoms with E-state index in [-0.39, 0.29) is 5.78 Å². The summed E-state index contributed by atoms with van der Waals surface area (Å²) < 4.78 is 4.94. The summed E-state index contributed by atoms with van der Waals surface area (Å²) >= 11 is 0. The van der Waals surface area contributed by atoms with Gasteiger partial charge in [0.2, 0.25) is 0 Å². The minimum absolute atomic E-state index is 0.0379. The van der Waals surface area contributed by atoms with E-state index in [9.17, 15) is 4.79 Å². The first kappa shape index (κ1) is 9.88. The van der Waals surface area contributed by atoms with Crippen molar-refractivity contribution in [2.45, 2.75) is 13.8 Å². The monoisotopic (exact) mass is 155 g/mol. The second-order valence-electron chi connectivity index (χ2n) is 1.97. The fourth-order valence-electron chi connectivity index (χ4n) is 0.517. The van der Waals surface area contributed by atoms with Crippen molar-refractivity contribution >= 4 is 12.0 Å². The van der Waals surface area contributed by atoms with Gasteiger partial charge in [-0.25, -0.2) is 0 Å². The van der Waals surface area contributed by atoms with Gasteiger partial charge in [0.1, 0.15) is 0 Å². The van der Waals surface area contributed by atoms with Crippen molar-refractivity contribution < 1.29 is 9.53 Å². The van der Waals surface area contributed by atoms with E-state index in [2.05, 4.69) is 4.99 Å². The van der Waals surface area contributed by atoms with E-state index in [0.29, 0.717) is 12.2 Å². The van der Waals surface area contributed by atoms with Crippen LogP contribution in [0.2, 0.25) is 0 Å². The largest absolute Gasteiger partial charge is 0.501 e. The maximum atomic E-state index is 10.8. The summed E-state index contributed by atoms with van der Waals surface area (Å²) in [6, 6.07) is 0. The molecule has 0 saturated carbocycles. The molecule has 62 valence electrons. The van der Waals surface area contributed by atoms with Gasteiger partial charge >= 0.3 is 0 Å². The number of ether oxygens (including phenoxy) is 1. The lowest BCUT2D eigenvalue weighted by Crippen LogP contribution is -1.99. The van der Waals surface area contributed by atoms with Crippen LogP contribution in [0.3, 0.4) is 0 Å². The molecule has 0 rings (SSSR count). The van der Waals surface area contributed by atoms with Crippen molar-refractivity contribution in [3.8, 4) is 0 Å². The van der Waals surface area contributed by atoms with E-state index >= 15 is 0 Å². The Kier molecular flexibility index (Phi) is 5.07. The van der Waals surface area contributed by atoms with Crippen LogP contribution in [0.25, 0.3) is 0 Å². The molecule has 0 amide bonds. The van der Waals surface area contributed by atoms with Crippen LogP contribution in [0.5, 0.6) is 0 Å². The van der Waals surface area contributed by atoms with Crippen LogP contribution in [0, 0.1) is 0 Å². The molecule has 11 heavy (non-hydrogen) atoms. The Balaban J connectivity index is 4.20. The third-order valence-corrected chi connectivity index (χ3v) is 1.05. The Hall–Kier alpha value is -1.12. The van der Waals surface area contributed by atoms with Gasteiger partial charge in [-0.3, -0.25) is 9.79 Å². The fourth-order valence-corrected chi connectivity index (χ4v) is 0.517. The Labute approximate surface area is 66.8 Å². The van der Waals surface area contributed by atoms with Gasteiger partial charge in [0.15, 0.2) is 5.78 Å². The van der Waals surface area contributed by atoms with Crippen LogP contribution in [0.4, 0.5) is 0 Å². The number of allylic oxidation sites excluding steroid dienone is 1. The van der Waals surface area contributed by atoms with Crippen molar-refractivity contribution in [2.24, 2.45) is 4.99 Å². The van der Waals surface area contributed by atoms with Crippen molar-refractivity contribution in [3.63, 3.8) is 0 Å². The maximum absolute atomic E-state index is 10.8. The standard InChI is InChI=1S/C8H13NO2/c1-4-11-6-8(5-9-3)7(2)10/h5-6H,4H2,1-3H3/b8-6+,9-5-. The molecular weight excluding hydrogens is 142 g/mol. The Morgan fingerprint density at radius 1 is 1.64 bits per heavy atom. The van der Waals surface area contributed by atoms with Gasteiger partial charge in [-0.15, -0.1) is 0 Å². The maximum Gasteiger partial charge on any atom is 0.164 e. The molecule has 3 heteroatoms. The summed E-state index contributed by atoms with van der Waals surface area (Å²) in [5.41, 5.74) is 0.495. The number of carbonyl (C=O) groups is 1. The smallest absolute Gasteiger partial charge is 0.164 e. The number of carbonyl (C=O) groups excluding carboxylic acids is 1. The molecule has 0 aliphatic carbocycles. The van der Waals surface area contributed by atoms with Crippen LogP contribution in [0.1, 0.15) is 13.8 Å². The van der Waals surface area contributed by atoms with Crippen LogP contribution in [0.15, 0.2) is 16.8 Å². The minimum atomic E-state index is -0.0379. The minimum Gasteiger partial charge on any atom is -0.501 e. The predicted molar refractivity (Wildman–Crippen MR) is 44.8 cm³/mol. The number of ketones is 1. The van der Waals surface area contributed by atoms with Crippen LogP contribution < -0.4 is 0 Å². The Bertz CT molecular complexity index is 183. The molecule has 0 heterocycles. The lowest BCUT2D eigenvalue weighted by atomic mass is 10.2. The zero-order chi connectivity index (χ0) is 8.69. The van der Waals surface area contributed by atoms with E-state index in [4.69, 9.17) is 4.74 Å². The Morgan fingerprint density at radius 3 is 2.64 bits per heavy atom. The average molecular weight is 155 g/mol. The zero-order valence-electron chi connectivity index (χ0n) is 7.13. The molecule has 0 aromatic heterocycles. The average Bonchev–Trinajstić information content (AvgIpc) is 1.97. The molecule has 0 aromatic rings. The fraction of sp³-hybridized carbons (Fsp3) is 0.500. The predicted octanol–water partition coefficient (Wildman–Crippen LogP) is 1.20. The van der Waals surface area contributed by atoms with Crippen LogP contribution >= 0.6 is 0 Å². The zero-order valence-corrected chi connectivity index (χ0v) is 7.13. The van der Waals surface area contributed by atoms with Crippen molar-refractivity contribution in [2.75, 3.05) is 13.7 Å². The molecule has 0 aromatic carbocycles. The third kappa shape index (κ3) is 4.31. The highest BCUT2D eigenvalue weighted by atomic mass is 16.5. The van der Waals surface area contributed by atoms with Gasteiger partial charge in [0, 0.05) is 13.3 Å². The molecule has 0 bridgehead atoms. The van der Waals surface area contributed by atoms with E-state index < -0.39 is 0 Å². The van der Waals surface area contributed by atoms with Gasteiger partial charge in [-0.2, -0.15) is 0 Å². The number of aliphatic imine (C=N–C) groups is 1. The van der Waals surface area contributed by atoms with E-state index in [1.807, 2.05) is 6.92 Å². The number of hydrogen-bond donors (Lipinski definition) is 0. The first-order valence-electron chi connectivity index (χ1n) is 3.47. The van der Waals surface area contributed by atoms with E-state index in [1.165, 1.54) is 19.4 Å². The summed E-state index contributed by atoms with van der Waals surface area (Å²) in [6.07, 6.45) is 2.91. The van der Waals surface area contributed by atoms with Gasteiger partial charge in [-0.05, 0) is 13.8 Å². The van der Waals surface area contributed by atoms with E-state index in [0.717, 1.165) is 0 Å². The van der Waals surface area contributed by atoms with Gasteiger partial charge in [0.05, 0.1) is 18.4 Å². The van der Waals surface area contributed by atoms with Crippen molar-refractivity contribution in [3.05, 3.63) is 11.8 Å². The van der Waals surface area contributed by atoms with Crippen molar-refractivity contribution in [1.29, 1.82) is 0 Å². The summed E-state index contributed by atoms with van der Waals surface area (Å²) in [6.45, 7) is 3.90. The first-order chi connectivity index (χ1) is 5.22. The number of nitrogens with zero attached hydrogens (tertiary/aromatic N) is 1. The quantitative estimate of drug-likeness (QED) is 0.347. The number of rotatable bonds is 4. The number of Topliss-reactive ketones (excluding diaryl/α,β-unsaturated/α-hetero) is 1. The van der Waals surface area contributed by atoms with E-state index in [1.54, 1.807) is 7.05 Å². The summed E-state index contributed by atoms with van der Waals surface area (Å²) in [5, 5.41) is 0. The van der Waals surface area contributed by atoms with Gasteiger partial charge in [0.25, 0.3) is 0 Å². The molecule has 0 saturated heterocycles.